The Morgan fingerprint density at radius 3 is 2.35 bits per heavy atom. The number of hydrogen-bond donors (Lipinski definition) is 2. The van der Waals surface area contributed by atoms with Gasteiger partial charge >= 0.3 is 0 Å². The molecule has 0 fully saturated rings. The van der Waals surface area contributed by atoms with Crippen molar-refractivity contribution in [1.82, 2.24) is 15.6 Å². The van der Waals surface area contributed by atoms with Crippen molar-refractivity contribution in [2.45, 2.75) is 33.1 Å². The molecule has 164 valence electrons. The Morgan fingerprint density at radius 1 is 0.871 bits per heavy atom. The molecule has 2 aromatic carbocycles. The molecule has 0 bridgehead atoms. The van der Waals surface area contributed by atoms with Crippen LogP contribution < -0.4 is 10.6 Å². The number of pyridine rings is 1. The minimum atomic E-state index is 0. The maximum atomic E-state index is 5.93. The Kier molecular flexibility index (Phi) is 11.6. The van der Waals surface area contributed by atoms with Crippen LogP contribution in [-0.2, 0) is 30.9 Å². The van der Waals surface area contributed by atoms with E-state index < -0.39 is 0 Å². The van der Waals surface area contributed by atoms with Gasteiger partial charge < -0.3 is 15.4 Å². The van der Waals surface area contributed by atoms with E-state index in [-0.39, 0.29) is 24.0 Å². The van der Waals surface area contributed by atoms with Crippen molar-refractivity contribution in [3.8, 4) is 0 Å². The van der Waals surface area contributed by atoms with Crippen molar-refractivity contribution < 1.29 is 4.74 Å². The van der Waals surface area contributed by atoms with Gasteiger partial charge in [-0.1, -0.05) is 60.7 Å². The van der Waals surface area contributed by atoms with E-state index in [0.717, 1.165) is 31.2 Å². The second-order valence-corrected chi connectivity index (χ2v) is 6.94. The lowest BCUT2D eigenvalue weighted by Gasteiger charge is -2.13. The van der Waals surface area contributed by atoms with Gasteiger partial charge in [-0.25, -0.2) is 4.99 Å². The summed E-state index contributed by atoms with van der Waals surface area (Å²) < 4.78 is 5.93. The van der Waals surface area contributed by atoms with Gasteiger partial charge in [0, 0.05) is 31.4 Å². The molecule has 2 N–H and O–H groups in total. The summed E-state index contributed by atoms with van der Waals surface area (Å²) in [6, 6.07) is 24.5. The molecule has 0 amide bonds. The molecule has 0 atom stereocenters. The zero-order valence-corrected chi connectivity index (χ0v) is 20.3. The van der Waals surface area contributed by atoms with Crippen LogP contribution in [0.1, 0.15) is 29.3 Å². The summed E-state index contributed by atoms with van der Waals surface area (Å²) >= 11 is 0. The molecule has 0 spiro atoms. The molecule has 3 aromatic rings. The predicted octanol–water partition coefficient (Wildman–Crippen LogP) is 4.71. The normalized spacial score (nSPS) is 10.9. The number of ether oxygens (including phenoxy) is 1. The largest absolute Gasteiger partial charge is 0.372 e. The average molecular weight is 530 g/mol. The highest BCUT2D eigenvalue weighted by Crippen LogP contribution is 2.13. The molecular formula is C25H31IN4O. The van der Waals surface area contributed by atoms with E-state index in [1.165, 1.54) is 16.7 Å². The minimum absolute atomic E-state index is 0. The molecular weight excluding hydrogens is 499 g/mol. The van der Waals surface area contributed by atoms with Gasteiger partial charge in [0.05, 0.1) is 19.8 Å². The summed E-state index contributed by atoms with van der Waals surface area (Å²) in [5.74, 6) is 0.813. The van der Waals surface area contributed by atoms with Gasteiger partial charge in [-0.15, -0.1) is 24.0 Å². The molecule has 0 aliphatic heterocycles. The first-order valence-corrected chi connectivity index (χ1v) is 10.5. The number of nitrogens with zero attached hydrogens (tertiary/aromatic N) is 2. The quantitative estimate of drug-likeness (QED) is 0.227. The third-order valence-electron chi connectivity index (χ3n) is 4.64. The number of aromatic nitrogens is 1. The van der Waals surface area contributed by atoms with Crippen LogP contribution in [0, 0.1) is 0 Å². The van der Waals surface area contributed by atoms with Crippen molar-refractivity contribution >= 4 is 29.9 Å². The van der Waals surface area contributed by atoms with Crippen molar-refractivity contribution in [2.75, 3.05) is 13.1 Å². The average Bonchev–Trinajstić information content (AvgIpc) is 2.80. The first-order valence-electron chi connectivity index (χ1n) is 10.5. The third kappa shape index (κ3) is 9.06. The number of halogens is 1. The van der Waals surface area contributed by atoms with Gasteiger partial charge in [0.25, 0.3) is 0 Å². The highest BCUT2D eigenvalue weighted by Gasteiger charge is 2.04. The smallest absolute Gasteiger partial charge is 0.191 e. The van der Waals surface area contributed by atoms with E-state index in [0.29, 0.717) is 19.8 Å². The number of nitrogens with one attached hydrogen (secondary N) is 2. The van der Waals surface area contributed by atoms with Crippen LogP contribution in [-0.4, -0.2) is 24.0 Å². The molecule has 0 unspecified atom stereocenters. The first-order chi connectivity index (χ1) is 14.8. The number of guanidine groups is 1. The standard InChI is InChI=1S/C25H30N4O.HI/c1-2-26-25(28-17-15-24-14-8-9-16-27-24)29-18-22-12-6-7-13-23(22)20-30-19-21-10-4-3-5-11-21;/h3-14,16H,2,15,17-20H2,1H3,(H2,26,28,29);1H. The second-order valence-electron chi connectivity index (χ2n) is 6.94. The SMILES string of the molecule is CCNC(=NCc1ccccc1COCc1ccccc1)NCCc1ccccn1.I. The van der Waals surface area contributed by atoms with Crippen LogP contribution in [0.15, 0.2) is 84.0 Å². The number of benzene rings is 2. The van der Waals surface area contributed by atoms with Crippen molar-refractivity contribution in [2.24, 2.45) is 4.99 Å². The van der Waals surface area contributed by atoms with Crippen LogP contribution in [0.5, 0.6) is 0 Å². The summed E-state index contributed by atoms with van der Waals surface area (Å²) in [5.41, 5.74) is 4.59. The fraction of sp³-hybridized carbons (Fsp3) is 0.280. The Morgan fingerprint density at radius 2 is 1.61 bits per heavy atom. The summed E-state index contributed by atoms with van der Waals surface area (Å²) in [7, 11) is 0. The summed E-state index contributed by atoms with van der Waals surface area (Å²) in [5, 5.41) is 6.70. The topological polar surface area (TPSA) is 58.5 Å². The number of aliphatic imine (C=N–C) groups is 1. The Hall–Kier alpha value is -2.45. The van der Waals surface area contributed by atoms with E-state index in [1.54, 1.807) is 0 Å². The molecule has 1 aromatic heterocycles. The van der Waals surface area contributed by atoms with E-state index >= 15 is 0 Å². The van der Waals surface area contributed by atoms with Gasteiger partial charge in [-0.3, -0.25) is 4.98 Å². The van der Waals surface area contributed by atoms with Gasteiger partial charge in [-0.2, -0.15) is 0 Å². The molecule has 0 saturated carbocycles. The maximum absolute atomic E-state index is 5.93. The van der Waals surface area contributed by atoms with Crippen LogP contribution in [0.2, 0.25) is 0 Å². The maximum Gasteiger partial charge on any atom is 0.191 e. The molecule has 1 heterocycles. The first kappa shape index (κ1) is 24.8. The molecule has 0 aliphatic rings. The monoisotopic (exact) mass is 530 g/mol. The molecule has 0 saturated heterocycles. The van der Waals surface area contributed by atoms with Crippen molar-refractivity contribution in [3.05, 3.63) is 101 Å². The molecule has 3 rings (SSSR count). The number of hydrogen-bond acceptors (Lipinski definition) is 3. The van der Waals surface area contributed by atoms with E-state index in [9.17, 15) is 0 Å². The van der Waals surface area contributed by atoms with Crippen molar-refractivity contribution in [3.63, 3.8) is 0 Å². The lowest BCUT2D eigenvalue weighted by atomic mass is 10.1. The highest BCUT2D eigenvalue weighted by atomic mass is 127. The van der Waals surface area contributed by atoms with Crippen LogP contribution in [0.3, 0.4) is 0 Å². The molecule has 0 aliphatic carbocycles. The van der Waals surface area contributed by atoms with Gasteiger partial charge in [0.2, 0.25) is 0 Å². The lowest BCUT2D eigenvalue weighted by Crippen LogP contribution is -2.38. The Balaban J connectivity index is 0.00000341. The zero-order chi connectivity index (χ0) is 20.9. The zero-order valence-electron chi connectivity index (χ0n) is 18.0. The van der Waals surface area contributed by atoms with E-state index in [1.807, 2.05) is 54.7 Å². The Labute approximate surface area is 202 Å². The van der Waals surface area contributed by atoms with Crippen LogP contribution >= 0.6 is 24.0 Å². The fourth-order valence-corrected chi connectivity index (χ4v) is 3.07. The molecule has 5 nitrogen and oxygen atoms in total. The van der Waals surface area contributed by atoms with E-state index in [2.05, 4.69) is 46.8 Å². The highest BCUT2D eigenvalue weighted by molar-refractivity contribution is 14.0. The number of rotatable bonds is 10. The summed E-state index contributed by atoms with van der Waals surface area (Å²) in [6.07, 6.45) is 2.68. The molecule has 31 heavy (non-hydrogen) atoms. The fourth-order valence-electron chi connectivity index (χ4n) is 3.07. The van der Waals surface area contributed by atoms with Gasteiger partial charge in [0.15, 0.2) is 5.96 Å². The van der Waals surface area contributed by atoms with Gasteiger partial charge in [0.1, 0.15) is 0 Å². The van der Waals surface area contributed by atoms with Crippen LogP contribution in [0.25, 0.3) is 0 Å². The van der Waals surface area contributed by atoms with Crippen LogP contribution in [0.4, 0.5) is 0 Å². The summed E-state index contributed by atoms with van der Waals surface area (Å²) in [6.45, 7) is 5.45. The third-order valence-corrected chi connectivity index (χ3v) is 4.64. The van der Waals surface area contributed by atoms with E-state index in [4.69, 9.17) is 9.73 Å². The second kappa shape index (κ2) is 14.5. The molecule has 0 radical (unpaired) electrons. The molecule has 6 heteroatoms. The lowest BCUT2D eigenvalue weighted by molar-refractivity contribution is 0.106. The van der Waals surface area contributed by atoms with Gasteiger partial charge in [-0.05, 0) is 35.7 Å². The Bertz CT molecular complexity index is 904. The summed E-state index contributed by atoms with van der Waals surface area (Å²) in [4.78, 5) is 9.12. The predicted molar refractivity (Wildman–Crippen MR) is 138 cm³/mol. The minimum Gasteiger partial charge on any atom is -0.372 e. The van der Waals surface area contributed by atoms with Crippen molar-refractivity contribution in [1.29, 1.82) is 0 Å².